The lowest BCUT2D eigenvalue weighted by Crippen LogP contribution is -2.37. The highest BCUT2D eigenvalue weighted by Crippen LogP contribution is 2.16. The first kappa shape index (κ1) is 11.5. The Labute approximate surface area is 87.1 Å². The molecule has 1 saturated heterocycles. The molecule has 80 valence electrons. The van der Waals surface area contributed by atoms with Crippen LogP contribution >= 0.6 is 0 Å². The molecule has 1 N–H and O–H groups in total. The highest BCUT2D eigenvalue weighted by Gasteiger charge is 2.17. The molecule has 1 rings (SSSR count). The molecule has 0 amide bonds. The zero-order chi connectivity index (χ0) is 10.2. The van der Waals surface area contributed by atoms with Crippen molar-refractivity contribution in [2.75, 3.05) is 33.2 Å². The molecular weight excluding hydrogens is 174 g/mol. The van der Waals surface area contributed by atoms with Crippen LogP contribution in [0, 0.1) is 17.2 Å². The van der Waals surface area contributed by atoms with Gasteiger partial charge in [-0.1, -0.05) is 0 Å². The van der Waals surface area contributed by atoms with Gasteiger partial charge in [-0.25, -0.2) is 0 Å². The summed E-state index contributed by atoms with van der Waals surface area (Å²) in [5.74, 6) is 0.868. The minimum Gasteiger partial charge on any atom is -0.319 e. The van der Waals surface area contributed by atoms with Crippen molar-refractivity contribution in [1.82, 2.24) is 10.2 Å². The van der Waals surface area contributed by atoms with Crippen LogP contribution in [0.4, 0.5) is 0 Å². The first-order valence-electron chi connectivity index (χ1n) is 5.60. The predicted octanol–water partition coefficient (Wildman–Crippen LogP) is 1.22. The second-order valence-electron chi connectivity index (χ2n) is 4.10. The number of rotatable bonds is 5. The van der Waals surface area contributed by atoms with Crippen molar-refractivity contribution >= 4 is 0 Å². The normalized spacial score (nSPS) is 19.4. The van der Waals surface area contributed by atoms with E-state index in [1.807, 2.05) is 7.05 Å². The molecule has 1 fully saturated rings. The van der Waals surface area contributed by atoms with E-state index in [2.05, 4.69) is 16.3 Å². The van der Waals surface area contributed by atoms with Crippen molar-refractivity contribution in [3.8, 4) is 6.07 Å². The van der Waals surface area contributed by atoms with E-state index in [1.165, 1.54) is 25.9 Å². The SMILES string of the molecule is CNCC1CCN(CCCC#N)CC1. The molecule has 0 atom stereocenters. The molecule has 3 nitrogen and oxygen atoms in total. The summed E-state index contributed by atoms with van der Waals surface area (Å²) in [6.45, 7) is 4.71. The van der Waals surface area contributed by atoms with Gasteiger partial charge in [0, 0.05) is 6.42 Å². The second kappa shape index (κ2) is 6.80. The van der Waals surface area contributed by atoms with Gasteiger partial charge < -0.3 is 10.2 Å². The lowest BCUT2D eigenvalue weighted by Gasteiger charge is -2.31. The van der Waals surface area contributed by atoms with Gasteiger partial charge in [0.25, 0.3) is 0 Å². The summed E-state index contributed by atoms with van der Waals surface area (Å²) in [5.41, 5.74) is 0. The Hall–Kier alpha value is -0.590. The first-order valence-corrected chi connectivity index (χ1v) is 5.60. The second-order valence-corrected chi connectivity index (χ2v) is 4.10. The molecule has 0 unspecified atom stereocenters. The molecule has 0 aromatic carbocycles. The Kier molecular flexibility index (Phi) is 5.58. The molecule has 3 heteroatoms. The number of hydrogen-bond acceptors (Lipinski definition) is 3. The van der Waals surface area contributed by atoms with Crippen LogP contribution in [0.1, 0.15) is 25.7 Å². The monoisotopic (exact) mass is 195 g/mol. The Morgan fingerprint density at radius 1 is 1.43 bits per heavy atom. The van der Waals surface area contributed by atoms with E-state index in [0.29, 0.717) is 6.42 Å². The molecule has 1 aliphatic heterocycles. The van der Waals surface area contributed by atoms with Crippen molar-refractivity contribution in [3.05, 3.63) is 0 Å². The van der Waals surface area contributed by atoms with Crippen molar-refractivity contribution in [2.24, 2.45) is 5.92 Å². The zero-order valence-corrected chi connectivity index (χ0v) is 9.13. The fourth-order valence-corrected chi connectivity index (χ4v) is 2.08. The van der Waals surface area contributed by atoms with E-state index in [1.54, 1.807) is 0 Å². The molecule has 14 heavy (non-hydrogen) atoms. The number of unbranched alkanes of at least 4 members (excludes halogenated alkanes) is 1. The van der Waals surface area contributed by atoms with Gasteiger partial charge >= 0.3 is 0 Å². The van der Waals surface area contributed by atoms with Crippen LogP contribution in [0.5, 0.6) is 0 Å². The van der Waals surface area contributed by atoms with Crippen LogP contribution in [0.15, 0.2) is 0 Å². The van der Waals surface area contributed by atoms with Crippen LogP contribution < -0.4 is 5.32 Å². The summed E-state index contributed by atoms with van der Waals surface area (Å²) in [6, 6.07) is 2.20. The maximum Gasteiger partial charge on any atom is 0.0622 e. The van der Waals surface area contributed by atoms with Crippen molar-refractivity contribution in [3.63, 3.8) is 0 Å². The number of nitriles is 1. The quantitative estimate of drug-likeness (QED) is 0.670. The molecule has 0 radical (unpaired) electrons. The summed E-state index contributed by atoms with van der Waals surface area (Å²) < 4.78 is 0. The minimum absolute atomic E-state index is 0.705. The Balaban J connectivity index is 2.07. The zero-order valence-electron chi connectivity index (χ0n) is 9.13. The number of likely N-dealkylation sites (tertiary alicyclic amines) is 1. The van der Waals surface area contributed by atoms with Crippen molar-refractivity contribution < 1.29 is 0 Å². The van der Waals surface area contributed by atoms with Crippen molar-refractivity contribution in [2.45, 2.75) is 25.7 Å². The molecule has 0 aromatic heterocycles. The molecule has 0 saturated carbocycles. The highest BCUT2D eigenvalue weighted by molar-refractivity contribution is 4.75. The third-order valence-electron chi connectivity index (χ3n) is 2.96. The average molecular weight is 195 g/mol. The van der Waals surface area contributed by atoms with Crippen LogP contribution in [0.3, 0.4) is 0 Å². The van der Waals surface area contributed by atoms with E-state index in [9.17, 15) is 0 Å². The van der Waals surface area contributed by atoms with E-state index in [4.69, 9.17) is 5.26 Å². The number of nitrogens with one attached hydrogen (secondary N) is 1. The number of piperidine rings is 1. The molecule has 0 aliphatic carbocycles. The van der Waals surface area contributed by atoms with Crippen LogP contribution in [-0.2, 0) is 0 Å². The summed E-state index contributed by atoms with van der Waals surface area (Å²) in [5, 5.41) is 11.7. The van der Waals surface area contributed by atoms with E-state index < -0.39 is 0 Å². The smallest absolute Gasteiger partial charge is 0.0622 e. The van der Waals surface area contributed by atoms with Gasteiger partial charge in [0.05, 0.1) is 6.07 Å². The molecule has 0 spiro atoms. The standard InChI is InChI=1S/C11H21N3/c1-13-10-11-4-8-14(9-5-11)7-3-2-6-12/h11,13H,2-5,7-10H2,1H3. The molecule has 0 aromatic rings. The van der Waals surface area contributed by atoms with E-state index in [0.717, 1.165) is 25.4 Å². The Morgan fingerprint density at radius 2 is 2.14 bits per heavy atom. The maximum absolute atomic E-state index is 8.43. The van der Waals surface area contributed by atoms with Gasteiger partial charge in [0.15, 0.2) is 0 Å². The molecule has 0 bridgehead atoms. The van der Waals surface area contributed by atoms with Crippen LogP contribution in [-0.4, -0.2) is 38.1 Å². The topological polar surface area (TPSA) is 39.1 Å². The summed E-state index contributed by atoms with van der Waals surface area (Å²) in [4.78, 5) is 2.49. The lowest BCUT2D eigenvalue weighted by molar-refractivity contribution is 0.182. The average Bonchev–Trinajstić information content (AvgIpc) is 2.21. The summed E-state index contributed by atoms with van der Waals surface area (Å²) in [7, 11) is 2.03. The van der Waals surface area contributed by atoms with E-state index >= 15 is 0 Å². The fraction of sp³-hybridized carbons (Fsp3) is 0.909. The lowest BCUT2D eigenvalue weighted by atomic mass is 9.97. The Morgan fingerprint density at radius 3 is 2.71 bits per heavy atom. The summed E-state index contributed by atoms with van der Waals surface area (Å²) in [6.07, 6.45) is 4.37. The van der Waals surface area contributed by atoms with Gasteiger partial charge in [-0.2, -0.15) is 5.26 Å². The molecule has 1 heterocycles. The number of hydrogen-bond donors (Lipinski definition) is 1. The van der Waals surface area contributed by atoms with Crippen molar-refractivity contribution in [1.29, 1.82) is 5.26 Å². The molecular formula is C11H21N3. The van der Waals surface area contributed by atoms with Crippen LogP contribution in [0.25, 0.3) is 0 Å². The first-order chi connectivity index (χ1) is 6.86. The van der Waals surface area contributed by atoms with Gasteiger partial charge in [-0.05, 0) is 58.4 Å². The summed E-state index contributed by atoms with van der Waals surface area (Å²) >= 11 is 0. The van der Waals surface area contributed by atoms with Gasteiger partial charge in [0.2, 0.25) is 0 Å². The Bertz CT molecular complexity index is 177. The maximum atomic E-state index is 8.43. The molecule has 1 aliphatic rings. The van der Waals surface area contributed by atoms with Gasteiger partial charge in [-0.15, -0.1) is 0 Å². The minimum atomic E-state index is 0.705. The largest absolute Gasteiger partial charge is 0.319 e. The van der Waals surface area contributed by atoms with E-state index in [-0.39, 0.29) is 0 Å². The third-order valence-corrected chi connectivity index (χ3v) is 2.96. The van der Waals surface area contributed by atoms with Gasteiger partial charge in [-0.3, -0.25) is 0 Å². The third kappa shape index (κ3) is 4.08. The highest BCUT2D eigenvalue weighted by atomic mass is 15.1. The van der Waals surface area contributed by atoms with Crippen LogP contribution in [0.2, 0.25) is 0 Å². The van der Waals surface area contributed by atoms with Gasteiger partial charge in [0.1, 0.15) is 0 Å². The number of nitrogens with zero attached hydrogens (tertiary/aromatic N) is 2. The fourth-order valence-electron chi connectivity index (χ4n) is 2.08. The predicted molar refractivity (Wildman–Crippen MR) is 57.9 cm³/mol.